The highest BCUT2D eigenvalue weighted by atomic mass is 16.5. The van der Waals surface area contributed by atoms with Crippen LogP contribution in [0.2, 0.25) is 0 Å². The average Bonchev–Trinajstić information content (AvgIpc) is 2.93. The number of aromatic nitrogens is 1. The molecule has 1 aliphatic carbocycles. The number of amides is 1. The number of allylic oxidation sites excluding steroid dienone is 2. The topological polar surface area (TPSA) is 51.5 Å². The van der Waals surface area contributed by atoms with Crippen LogP contribution in [0.25, 0.3) is 0 Å². The number of hydrogen-bond acceptors (Lipinski definition) is 3. The molecule has 0 aromatic carbocycles. The Balaban J connectivity index is 1.69. The van der Waals surface area contributed by atoms with Crippen LogP contribution in [0.3, 0.4) is 0 Å². The number of carbonyl (C=O) groups excluding carboxylic acids is 1. The molecular weight excluding hydrogens is 268 g/mol. The normalized spacial score (nSPS) is 24.0. The first kappa shape index (κ1) is 13.9. The maximum atomic E-state index is 12.4. The lowest BCUT2D eigenvalue weighted by atomic mass is 9.86. The fourth-order valence-electron chi connectivity index (χ4n) is 3.26. The van der Waals surface area contributed by atoms with E-state index in [2.05, 4.69) is 12.2 Å². The Morgan fingerprint density at radius 1 is 1.29 bits per heavy atom. The molecule has 0 radical (unpaired) electrons. The van der Waals surface area contributed by atoms with Crippen molar-refractivity contribution in [1.29, 1.82) is 0 Å². The van der Waals surface area contributed by atoms with Gasteiger partial charge in [-0.05, 0) is 36.8 Å². The molecule has 1 saturated heterocycles. The van der Waals surface area contributed by atoms with Crippen LogP contribution >= 0.6 is 0 Å². The fraction of sp³-hybridized carbons (Fsp3) is 0.500. The highest BCUT2D eigenvalue weighted by molar-refractivity contribution is 5.76. The highest BCUT2D eigenvalue weighted by Gasteiger charge is 2.34. The van der Waals surface area contributed by atoms with Gasteiger partial charge in [0.25, 0.3) is 5.56 Å². The molecule has 1 fully saturated rings. The molecule has 2 heterocycles. The number of hydrogen-bond donors (Lipinski definition) is 0. The van der Waals surface area contributed by atoms with Crippen LogP contribution in [0.1, 0.15) is 12.8 Å². The van der Waals surface area contributed by atoms with Gasteiger partial charge in [-0.25, -0.2) is 0 Å². The molecule has 0 bridgehead atoms. The number of nitrogens with zero attached hydrogens (tertiary/aromatic N) is 2. The minimum Gasteiger partial charge on any atom is -0.491 e. The molecular formula is C16H20N2O3. The van der Waals surface area contributed by atoms with Gasteiger partial charge in [-0.2, -0.15) is 0 Å². The lowest BCUT2D eigenvalue weighted by Gasteiger charge is -2.17. The third-order valence-electron chi connectivity index (χ3n) is 4.48. The lowest BCUT2D eigenvalue weighted by Crippen LogP contribution is -2.35. The molecule has 1 aromatic heterocycles. The Morgan fingerprint density at radius 2 is 1.95 bits per heavy atom. The largest absolute Gasteiger partial charge is 0.491 e. The van der Waals surface area contributed by atoms with Gasteiger partial charge < -0.3 is 14.2 Å². The third-order valence-corrected chi connectivity index (χ3v) is 4.48. The predicted octanol–water partition coefficient (Wildman–Crippen LogP) is 1.28. The summed E-state index contributed by atoms with van der Waals surface area (Å²) in [5, 5.41) is 0. The first-order valence-electron chi connectivity index (χ1n) is 7.35. The molecule has 2 atom stereocenters. The summed E-state index contributed by atoms with van der Waals surface area (Å²) in [6, 6.07) is 3.33. The van der Waals surface area contributed by atoms with Crippen LogP contribution in [-0.2, 0) is 11.3 Å². The van der Waals surface area contributed by atoms with Gasteiger partial charge in [-0.3, -0.25) is 9.59 Å². The van der Waals surface area contributed by atoms with Gasteiger partial charge in [-0.15, -0.1) is 0 Å². The quantitative estimate of drug-likeness (QED) is 0.787. The lowest BCUT2D eigenvalue weighted by molar-refractivity contribution is -0.131. The molecule has 112 valence electrons. The van der Waals surface area contributed by atoms with E-state index in [0.29, 0.717) is 11.8 Å². The Morgan fingerprint density at radius 3 is 2.57 bits per heavy atom. The van der Waals surface area contributed by atoms with Gasteiger partial charge in [0.15, 0.2) is 5.75 Å². The smallest absolute Gasteiger partial charge is 0.293 e. The Hall–Kier alpha value is -2.04. The van der Waals surface area contributed by atoms with Crippen LogP contribution in [0.15, 0.2) is 35.3 Å². The molecule has 1 aliphatic heterocycles. The van der Waals surface area contributed by atoms with E-state index >= 15 is 0 Å². The van der Waals surface area contributed by atoms with Gasteiger partial charge in [0.1, 0.15) is 6.54 Å². The maximum Gasteiger partial charge on any atom is 0.293 e. The van der Waals surface area contributed by atoms with Gasteiger partial charge in [0.2, 0.25) is 5.91 Å². The molecule has 0 spiro atoms. The second kappa shape index (κ2) is 5.76. The van der Waals surface area contributed by atoms with Crippen molar-refractivity contribution in [1.82, 2.24) is 9.47 Å². The van der Waals surface area contributed by atoms with Crippen molar-refractivity contribution >= 4 is 5.91 Å². The van der Waals surface area contributed by atoms with Crippen LogP contribution in [0, 0.1) is 11.8 Å². The summed E-state index contributed by atoms with van der Waals surface area (Å²) in [5.41, 5.74) is -0.258. The Kier molecular flexibility index (Phi) is 3.82. The number of likely N-dealkylation sites (tertiary alicyclic amines) is 1. The number of fused-ring (bicyclic) bond motifs is 1. The second-order valence-corrected chi connectivity index (χ2v) is 5.77. The molecule has 1 aromatic rings. The minimum atomic E-state index is -0.258. The van der Waals surface area contributed by atoms with Crippen molar-refractivity contribution in [3.8, 4) is 5.75 Å². The van der Waals surface area contributed by atoms with E-state index < -0.39 is 0 Å². The fourth-order valence-corrected chi connectivity index (χ4v) is 3.26. The summed E-state index contributed by atoms with van der Waals surface area (Å²) < 4.78 is 6.42. The van der Waals surface area contributed by atoms with Crippen molar-refractivity contribution in [3.05, 3.63) is 40.8 Å². The van der Waals surface area contributed by atoms with Gasteiger partial charge in [0.05, 0.1) is 7.11 Å². The number of rotatable bonds is 3. The summed E-state index contributed by atoms with van der Waals surface area (Å²) in [4.78, 5) is 26.4. The molecule has 5 heteroatoms. The first-order valence-corrected chi connectivity index (χ1v) is 7.35. The van der Waals surface area contributed by atoms with Crippen molar-refractivity contribution in [2.75, 3.05) is 20.2 Å². The highest BCUT2D eigenvalue weighted by Crippen LogP contribution is 2.32. The molecule has 21 heavy (non-hydrogen) atoms. The van der Waals surface area contributed by atoms with Crippen molar-refractivity contribution in [2.45, 2.75) is 19.4 Å². The van der Waals surface area contributed by atoms with Crippen molar-refractivity contribution in [2.24, 2.45) is 11.8 Å². The molecule has 0 N–H and O–H groups in total. The van der Waals surface area contributed by atoms with E-state index in [1.807, 2.05) is 4.90 Å². The maximum absolute atomic E-state index is 12.4. The first-order chi connectivity index (χ1) is 10.2. The summed E-state index contributed by atoms with van der Waals surface area (Å²) in [6.07, 6.45) is 8.18. The summed E-state index contributed by atoms with van der Waals surface area (Å²) in [6.45, 7) is 1.71. The van der Waals surface area contributed by atoms with E-state index in [1.165, 1.54) is 11.7 Å². The SMILES string of the molecule is COc1cccn(CC(=O)N2CC3CC=CCC3C2)c1=O. The predicted molar refractivity (Wildman–Crippen MR) is 79.2 cm³/mol. The Bertz CT molecular complexity index is 604. The number of ether oxygens (including phenoxy) is 1. The summed E-state index contributed by atoms with van der Waals surface area (Å²) in [5.74, 6) is 1.45. The van der Waals surface area contributed by atoms with E-state index in [1.54, 1.807) is 18.3 Å². The zero-order valence-corrected chi connectivity index (χ0v) is 12.2. The monoisotopic (exact) mass is 288 g/mol. The number of methoxy groups -OCH3 is 1. The summed E-state index contributed by atoms with van der Waals surface area (Å²) >= 11 is 0. The average molecular weight is 288 g/mol. The van der Waals surface area contributed by atoms with E-state index in [4.69, 9.17) is 4.74 Å². The molecule has 2 aliphatic rings. The van der Waals surface area contributed by atoms with Gasteiger partial charge in [0, 0.05) is 19.3 Å². The third kappa shape index (κ3) is 2.73. The van der Waals surface area contributed by atoms with Crippen LogP contribution < -0.4 is 10.3 Å². The van der Waals surface area contributed by atoms with Gasteiger partial charge in [-0.1, -0.05) is 12.2 Å². The van der Waals surface area contributed by atoms with Crippen LogP contribution in [0.5, 0.6) is 5.75 Å². The van der Waals surface area contributed by atoms with E-state index in [-0.39, 0.29) is 23.8 Å². The zero-order chi connectivity index (χ0) is 14.8. The minimum absolute atomic E-state index is 0.0137. The van der Waals surface area contributed by atoms with Crippen molar-refractivity contribution < 1.29 is 9.53 Å². The van der Waals surface area contributed by atoms with E-state index in [0.717, 1.165) is 25.9 Å². The van der Waals surface area contributed by atoms with E-state index in [9.17, 15) is 9.59 Å². The zero-order valence-electron chi connectivity index (χ0n) is 12.2. The number of pyridine rings is 1. The summed E-state index contributed by atoms with van der Waals surface area (Å²) in [7, 11) is 1.46. The number of carbonyl (C=O) groups is 1. The molecule has 3 rings (SSSR count). The standard InChI is InChI=1S/C16H20N2O3/c1-21-14-7-4-8-17(16(14)20)11-15(19)18-9-12-5-2-3-6-13(12)10-18/h2-4,7-8,12-13H,5-6,9-11H2,1H3. The molecule has 1 amide bonds. The molecule has 5 nitrogen and oxygen atoms in total. The van der Waals surface area contributed by atoms with Gasteiger partial charge >= 0.3 is 0 Å². The Labute approximate surface area is 123 Å². The van der Waals surface area contributed by atoms with Crippen LogP contribution in [0.4, 0.5) is 0 Å². The second-order valence-electron chi connectivity index (χ2n) is 5.77. The molecule has 2 unspecified atom stereocenters. The van der Waals surface area contributed by atoms with Crippen molar-refractivity contribution in [3.63, 3.8) is 0 Å². The van der Waals surface area contributed by atoms with Crippen LogP contribution in [-0.4, -0.2) is 35.6 Å². The molecule has 0 saturated carbocycles.